The van der Waals surface area contributed by atoms with Crippen molar-refractivity contribution >= 4 is 21.6 Å². The fourth-order valence-corrected chi connectivity index (χ4v) is 2.20. The number of nitrogens with zero attached hydrogens (tertiary/aromatic N) is 2. The van der Waals surface area contributed by atoms with Crippen LogP contribution in [0.3, 0.4) is 0 Å². The van der Waals surface area contributed by atoms with E-state index >= 15 is 0 Å². The summed E-state index contributed by atoms with van der Waals surface area (Å²) in [7, 11) is 0. The predicted octanol–water partition coefficient (Wildman–Crippen LogP) is 4.35. The highest BCUT2D eigenvalue weighted by molar-refractivity contribution is 9.10. The summed E-state index contributed by atoms with van der Waals surface area (Å²) >= 11 is 3.06. The molecule has 1 aromatic heterocycles. The van der Waals surface area contributed by atoms with E-state index in [1.54, 1.807) is 18.2 Å². The molecule has 0 spiro atoms. The molecular weight excluding hydrogens is 347 g/mol. The van der Waals surface area contributed by atoms with Crippen molar-refractivity contribution in [2.45, 2.75) is 12.7 Å². The van der Waals surface area contributed by atoms with Gasteiger partial charge in [-0.1, -0.05) is 15.9 Å². The highest BCUT2D eigenvalue weighted by Crippen LogP contribution is 2.33. The molecule has 2 aromatic rings. The summed E-state index contributed by atoms with van der Waals surface area (Å²) in [6.07, 6.45) is -2.91. The summed E-state index contributed by atoms with van der Waals surface area (Å²) in [5.74, 6) is 0. The molecule has 0 fully saturated rings. The van der Waals surface area contributed by atoms with Gasteiger partial charge in [0.25, 0.3) is 0 Å². The molecule has 3 nitrogen and oxygen atoms in total. The second-order valence-electron chi connectivity index (χ2n) is 4.24. The first-order valence-corrected chi connectivity index (χ1v) is 6.64. The lowest BCUT2D eigenvalue weighted by atomic mass is 10.2. The van der Waals surface area contributed by atoms with Crippen LogP contribution in [0, 0.1) is 11.3 Å². The Morgan fingerprint density at radius 3 is 2.67 bits per heavy atom. The van der Waals surface area contributed by atoms with Gasteiger partial charge in [-0.15, -0.1) is 0 Å². The molecule has 21 heavy (non-hydrogen) atoms. The van der Waals surface area contributed by atoms with Gasteiger partial charge in [0, 0.05) is 22.9 Å². The van der Waals surface area contributed by atoms with Gasteiger partial charge < -0.3 is 5.32 Å². The minimum atomic E-state index is -4.40. The third kappa shape index (κ3) is 4.20. The first-order valence-electron chi connectivity index (χ1n) is 5.85. The first kappa shape index (κ1) is 15.3. The molecule has 108 valence electrons. The molecule has 7 heteroatoms. The molecule has 0 unspecified atom stereocenters. The number of alkyl halides is 3. The number of hydrogen-bond acceptors (Lipinski definition) is 3. The molecule has 2 rings (SSSR count). The van der Waals surface area contributed by atoms with Crippen molar-refractivity contribution in [3.63, 3.8) is 0 Å². The van der Waals surface area contributed by atoms with E-state index in [1.807, 2.05) is 6.07 Å². The lowest BCUT2D eigenvalue weighted by Gasteiger charge is -2.12. The van der Waals surface area contributed by atoms with Crippen LogP contribution in [-0.2, 0) is 12.7 Å². The van der Waals surface area contributed by atoms with Crippen LogP contribution in [0.25, 0.3) is 0 Å². The zero-order chi connectivity index (χ0) is 15.5. The molecular formula is C14H9BrF3N3. The fourth-order valence-electron chi connectivity index (χ4n) is 1.70. The summed E-state index contributed by atoms with van der Waals surface area (Å²) in [5, 5.41) is 11.6. The van der Waals surface area contributed by atoms with Crippen molar-refractivity contribution in [1.82, 2.24) is 4.98 Å². The van der Waals surface area contributed by atoms with Gasteiger partial charge in [0.05, 0.1) is 5.56 Å². The van der Waals surface area contributed by atoms with E-state index in [-0.39, 0.29) is 5.69 Å². The Kier molecular flexibility index (Phi) is 4.48. The van der Waals surface area contributed by atoms with Crippen molar-refractivity contribution in [2.24, 2.45) is 0 Å². The van der Waals surface area contributed by atoms with Crippen LogP contribution in [0.4, 0.5) is 18.9 Å². The monoisotopic (exact) mass is 355 g/mol. The zero-order valence-electron chi connectivity index (χ0n) is 10.6. The van der Waals surface area contributed by atoms with Gasteiger partial charge in [0.1, 0.15) is 11.8 Å². The summed E-state index contributed by atoms with van der Waals surface area (Å²) in [6, 6.07) is 8.79. The number of nitrogens with one attached hydrogen (secondary N) is 1. The Morgan fingerprint density at radius 1 is 1.24 bits per heavy atom. The lowest BCUT2D eigenvalue weighted by molar-refractivity contribution is -0.137. The van der Waals surface area contributed by atoms with Gasteiger partial charge in [0.15, 0.2) is 0 Å². The van der Waals surface area contributed by atoms with Crippen molar-refractivity contribution < 1.29 is 13.2 Å². The van der Waals surface area contributed by atoms with E-state index < -0.39 is 11.7 Å². The molecule has 1 heterocycles. The first-order chi connectivity index (χ1) is 9.88. The number of aromatic nitrogens is 1. The van der Waals surface area contributed by atoms with E-state index in [1.165, 1.54) is 6.20 Å². The Hall–Kier alpha value is -2.07. The topological polar surface area (TPSA) is 48.7 Å². The largest absolute Gasteiger partial charge is 0.416 e. The third-order valence-corrected chi connectivity index (χ3v) is 3.12. The van der Waals surface area contributed by atoms with Gasteiger partial charge in [-0.3, -0.25) is 0 Å². The number of pyridine rings is 1. The fraction of sp³-hybridized carbons (Fsp3) is 0.143. The molecule has 0 aliphatic heterocycles. The molecule has 0 aliphatic carbocycles. The van der Waals surface area contributed by atoms with E-state index in [2.05, 4.69) is 26.2 Å². The highest BCUT2D eigenvalue weighted by atomic mass is 79.9. The number of halogens is 4. The number of nitriles is 1. The molecule has 0 saturated heterocycles. The highest BCUT2D eigenvalue weighted by Gasteiger charge is 2.31. The van der Waals surface area contributed by atoms with Crippen molar-refractivity contribution in [2.75, 3.05) is 5.32 Å². The molecule has 0 saturated carbocycles. The second-order valence-corrected chi connectivity index (χ2v) is 5.16. The molecule has 0 bridgehead atoms. The standard InChI is InChI=1S/C14H9BrF3N3/c15-11-4-10(14(16,17)18)5-12(6-11)21-8-9-1-2-20-13(3-9)7-19/h1-6,21H,8H2. The van der Waals surface area contributed by atoms with Gasteiger partial charge in [0.2, 0.25) is 0 Å². The summed E-state index contributed by atoms with van der Waals surface area (Å²) < 4.78 is 38.5. The summed E-state index contributed by atoms with van der Waals surface area (Å²) in [5.41, 5.74) is 0.633. The lowest BCUT2D eigenvalue weighted by Crippen LogP contribution is -2.07. The van der Waals surface area contributed by atoms with E-state index in [0.717, 1.165) is 17.7 Å². The zero-order valence-corrected chi connectivity index (χ0v) is 12.2. The van der Waals surface area contributed by atoms with Crippen LogP contribution in [0.2, 0.25) is 0 Å². The number of benzene rings is 1. The molecule has 0 radical (unpaired) electrons. The number of rotatable bonds is 3. The van der Waals surface area contributed by atoms with Crippen LogP contribution in [-0.4, -0.2) is 4.98 Å². The molecule has 1 N–H and O–H groups in total. The van der Waals surface area contributed by atoms with Crippen molar-refractivity contribution in [1.29, 1.82) is 5.26 Å². The molecule has 0 aliphatic rings. The second kappa shape index (κ2) is 6.14. The van der Waals surface area contributed by atoms with E-state index in [9.17, 15) is 13.2 Å². The number of hydrogen-bond donors (Lipinski definition) is 1. The van der Waals surface area contributed by atoms with Gasteiger partial charge in [-0.25, -0.2) is 4.98 Å². The average Bonchev–Trinajstić information content (AvgIpc) is 2.44. The maximum absolute atomic E-state index is 12.7. The van der Waals surface area contributed by atoms with Gasteiger partial charge >= 0.3 is 6.18 Å². The van der Waals surface area contributed by atoms with E-state index in [0.29, 0.717) is 16.7 Å². The van der Waals surface area contributed by atoms with Gasteiger partial charge in [-0.2, -0.15) is 18.4 Å². The molecule has 0 atom stereocenters. The summed E-state index contributed by atoms with van der Waals surface area (Å²) in [4.78, 5) is 3.83. The van der Waals surface area contributed by atoms with Gasteiger partial charge in [-0.05, 0) is 35.9 Å². The Morgan fingerprint density at radius 2 is 2.00 bits per heavy atom. The van der Waals surface area contributed by atoms with Crippen LogP contribution in [0.1, 0.15) is 16.8 Å². The average molecular weight is 356 g/mol. The van der Waals surface area contributed by atoms with Crippen LogP contribution in [0.5, 0.6) is 0 Å². The molecule has 0 amide bonds. The van der Waals surface area contributed by atoms with Crippen LogP contribution >= 0.6 is 15.9 Å². The van der Waals surface area contributed by atoms with Crippen molar-refractivity contribution in [3.05, 3.63) is 57.8 Å². The minimum Gasteiger partial charge on any atom is -0.381 e. The minimum absolute atomic E-state index is 0.263. The van der Waals surface area contributed by atoms with Crippen LogP contribution < -0.4 is 5.32 Å². The normalized spacial score (nSPS) is 11.0. The van der Waals surface area contributed by atoms with Crippen LogP contribution in [0.15, 0.2) is 41.0 Å². The molecule has 1 aromatic carbocycles. The SMILES string of the molecule is N#Cc1cc(CNc2cc(Br)cc(C(F)(F)F)c2)ccn1. The summed E-state index contributed by atoms with van der Waals surface area (Å²) in [6.45, 7) is 0.297. The maximum atomic E-state index is 12.7. The Bertz CT molecular complexity index is 693. The van der Waals surface area contributed by atoms with Crippen molar-refractivity contribution in [3.8, 4) is 6.07 Å². The quantitative estimate of drug-likeness (QED) is 0.890. The predicted molar refractivity (Wildman–Crippen MR) is 75.4 cm³/mol. The number of anilines is 1. The smallest absolute Gasteiger partial charge is 0.381 e. The van der Waals surface area contributed by atoms with E-state index in [4.69, 9.17) is 5.26 Å². The third-order valence-electron chi connectivity index (χ3n) is 2.66. The maximum Gasteiger partial charge on any atom is 0.416 e. The Balaban J connectivity index is 2.16. The Labute approximate surface area is 127 Å².